The molecule has 1 aromatic rings. The van der Waals surface area contributed by atoms with Crippen LogP contribution in [0.15, 0.2) is 12.1 Å². The van der Waals surface area contributed by atoms with Crippen LogP contribution in [0.4, 0.5) is 13.2 Å². The monoisotopic (exact) mass is 221 g/mol. The lowest BCUT2D eigenvalue weighted by Gasteiger charge is -2.09. The van der Waals surface area contributed by atoms with Crippen LogP contribution in [-0.4, -0.2) is 24.9 Å². The quantitative estimate of drug-likeness (QED) is 0.785. The van der Waals surface area contributed by atoms with Crippen molar-refractivity contribution in [2.75, 3.05) is 13.7 Å². The maximum atomic E-state index is 11.8. The van der Waals surface area contributed by atoms with E-state index < -0.39 is 12.8 Å². The first-order valence-corrected chi connectivity index (χ1v) is 4.13. The molecule has 0 saturated heterocycles. The number of hydrogen-bond donors (Lipinski definition) is 0. The number of nitrogens with zero attached hydrogens (tertiary/aromatic N) is 1. The lowest BCUT2D eigenvalue weighted by Crippen LogP contribution is -2.19. The summed E-state index contributed by atoms with van der Waals surface area (Å²) < 4.78 is 44.9. The lowest BCUT2D eigenvalue weighted by atomic mass is 10.3. The van der Waals surface area contributed by atoms with Crippen LogP contribution in [0.5, 0.6) is 11.6 Å². The van der Waals surface area contributed by atoms with Crippen LogP contribution in [0.2, 0.25) is 0 Å². The standard InChI is InChI=1S/C9H10F3NO2/c1-6-3-7(14-2)4-8(13-6)15-5-9(10,11)12/h3-4H,5H2,1-2H3. The van der Waals surface area contributed by atoms with Gasteiger partial charge >= 0.3 is 6.18 Å². The van der Waals surface area contributed by atoms with Crippen molar-refractivity contribution in [3.63, 3.8) is 0 Å². The summed E-state index contributed by atoms with van der Waals surface area (Å²) in [7, 11) is 1.42. The number of halogens is 3. The zero-order valence-electron chi connectivity index (χ0n) is 8.26. The zero-order valence-corrected chi connectivity index (χ0v) is 8.26. The van der Waals surface area contributed by atoms with E-state index in [1.165, 1.54) is 13.2 Å². The van der Waals surface area contributed by atoms with Crippen molar-refractivity contribution in [3.05, 3.63) is 17.8 Å². The first-order chi connectivity index (χ1) is 6.90. The smallest absolute Gasteiger partial charge is 0.422 e. The molecule has 0 spiro atoms. The van der Waals surface area contributed by atoms with Crippen molar-refractivity contribution in [2.45, 2.75) is 13.1 Å². The highest BCUT2D eigenvalue weighted by atomic mass is 19.4. The Hall–Kier alpha value is -1.46. The number of methoxy groups -OCH3 is 1. The van der Waals surface area contributed by atoms with E-state index in [1.807, 2.05) is 0 Å². The molecule has 0 aliphatic heterocycles. The fourth-order valence-electron chi connectivity index (χ4n) is 0.955. The number of aryl methyl sites for hydroxylation is 1. The summed E-state index contributed by atoms with van der Waals surface area (Å²) in [5.74, 6) is 0.323. The molecule has 0 aliphatic rings. The molecule has 0 amide bonds. The second-order valence-electron chi connectivity index (χ2n) is 2.89. The molecule has 1 heterocycles. The van der Waals surface area contributed by atoms with Gasteiger partial charge in [-0.15, -0.1) is 0 Å². The van der Waals surface area contributed by atoms with E-state index in [0.29, 0.717) is 11.4 Å². The zero-order chi connectivity index (χ0) is 11.5. The van der Waals surface area contributed by atoms with Gasteiger partial charge in [-0.2, -0.15) is 13.2 Å². The minimum atomic E-state index is -4.36. The Labute approximate surface area is 84.8 Å². The van der Waals surface area contributed by atoms with Crippen molar-refractivity contribution in [1.29, 1.82) is 0 Å². The molecule has 3 nitrogen and oxygen atoms in total. The van der Waals surface area contributed by atoms with Crippen LogP contribution < -0.4 is 9.47 Å². The average molecular weight is 221 g/mol. The summed E-state index contributed by atoms with van der Waals surface area (Å²) in [6.07, 6.45) is -4.36. The summed E-state index contributed by atoms with van der Waals surface area (Å²) in [5, 5.41) is 0. The van der Waals surface area contributed by atoms with Gasteiger partial charge in [0.1, 0.15) is 5.75 Å². The normalized spacial score (nSPS) is 11.3. The Bertz CT molecular complexity index is 339. The fraction of sp³-hybridized carbons (Fsp3) is 0.444. The van der Waals surface area contributed by atoms with Crippen LogP contribution >= 0.6 is 0 Å². The summed E-state index contributed by atoms with van der Waals surface area (Å²) >= 11 is 0. The first-order valence-electron chi connectivity index (χ1n) is 4.13. The van der Waals surface area contributed by atoms with Crippen LogP contribution in [0, 0.1) is 6.92 Å². The number of alkyl halides is 3. The fourth-order valence-corrected chi connectivity index (χ4v) is 0.955. The number of rotatable bonds is 3. The molecular formula is C9H10F3NO2. The first kappa shape index (κ1) is 11.6. The Kier molecular flexibility index (Phi) is 3.39. The highest BCUT2D eigenvalue weighted by molar-refractivity contribution is 5.29. The third kappa shape index (κ3) is 4.05. The van der Waals surface area contributed by atoms with Gasteiger partial charge in [0.25, 0.3) is 0 Å². The molecule has 0 N–H and O–H groups in total. The molecule has 0 atom stereocenters. The van der Waals surface area contributed by atoms with Gasteiger partial charge in [-0.3, -0.25) is 0 Å². The van der Waals surface area contributed by atoms with E-state index in [4.69, 9.17) is 4.74 Å². The molecule has 84 valence electrons. The molecule has 0 bridgehead atoms. The predicted octanol–water partition coefficient (Wildman–Crippen LogP) is 2.34. The maximum Gasteiger partial charge on any atom is 0.422 e. The van der Waals surface area contributed by atoms with Crippen LogP contribution in [0.1, 0.15) is 5.69 Å². The molecule has 1 rings (SSSR count). The number of aromatic nitrogens is 1. The summed E-state index contributed by atoms with van der Waals surface area (Å²) in [6, 6.07) is 2.90. The third-order valence-electron chi connectivity index (χ3n) is 1.52. The highest BCUT2D eigenvalue weighted by Crippen LogP contribution is 2.21. The lowest BCUT2D eigenvalue weighted by molar-refractivity contribution is -0.154. The SMILES string of the molecule is COc1cc(C)nc(OCC(F)(F)F)c1. The second kappa shape index (κ2) is 4.37. The van der Waals surface area contributed by atoms with E-state index in [-0.39, 0.29) is 5.88 Å². The third-order valence-corrected chi connectivity index (χ3v) is 1.52. The number of ether oxygens (including phenoxy) is 2. The largest absolute Gasteiger partial charge is 0.496 e. The average Bonchev–Trinajstić information content (AvgIpc) is 2.13. The van der Waals surface area contributed by atoms with Crippen molar-refractivity contribution >= 4 is 0 Å². The molecule has 0 radical (unpaired) electrons. The Morgan fingerprint density at radius 2 is 2.00 bits per heavy atom. The van der Waals surface area contributed by atoms with E-state index in [1.54, 1.807) is 13.0 Å². The van der Waals surface area contributed by atoms with Crippen molar-refractivity contribution in [2.24, 2.45) is 0 Å². The van der Waals surface area contributed by atoms with Crippen LogP contribution in [-0.2, 0) is 0 Å². The molecule has 0 unspecified atom stereocenters. The van der Waals surface area contributed by atoms with Crippen LogP contribution in [0.25, 0.3) is 0 Å². The van der Waals surface area contributed by atoms with E-state index in [2.05, 4.69) is 9.72 Å². The summed E-state index contributed by atoms with van der Waals surface area (Å²) in [6.45, 7) is 0.287. The second-order valence-corrected chi connectivity index (χ2v) is 2.89. The van der Waals surface area contributed by atoms with Gasteiger partial charge in [0.05, 0.1) is 7.11 Å². The van der Waals surface area contributed by atoms with Gasteiger partial charge in [-0.25, -0.2) is 4.98 Å². The minimum absolute atomic E-state index is 0.0934. The van der Waals surface area contributed by atoms with Crippen molar-refractivity contribution in [3.8, 4) is 11.6 Å². The summed E-state index contributed by atoms with van der Waals surface area (Å²) in [5.41, 5.74) is 0.534. The molecule has 6 heteroatoms. The molecule has 15 heavy (non-hydrogen) atoms. The van der Waals surface area contributed by atoms with Gasteiger partial charge in [-0.05, 0) is 6.92 Å². The molecule has 0 saturated carbocycles. The van der Waals surface area contributed by atoms with Gasteiger partial charge in [0.2, 0.25) is 5.88 Å². The highest BCUT2D eigenvalue weighted by Gasteiger charge is 2.28. The van der Waals surface area contributed by atoms with Gasteiger partial charge in [-0.1, -0.05) is 0 Å². The van der Waals surface area contributed by atoms with Crippen molar-refractivity contribution in [1.82, 2.24) is 4.98 Å². The number of hydrogen-bond acceptors (Lipinski definition) is 3. The van der Waals surface area contributed by atoms with Crippen LogP contribution in [0.3, 0.4) is 0 Å². The molecule has 0 aromatic carbocycles. The van der Waals surface area contributed by atoms with Gasteiger partial charge in [0.15, 0.2) is 6.61 Å². The summed E-state index contributed by atoms with van der Waals surface area (Å²) in [4.78, 5) is 3.78. The Balaban J connectivity index is 2.73. The number of pyridine rings is 1. The Morgan fingerprint density at radius 1 is 1.33 bits per heavy atom. The minimum Gasteiger partial charge on any atom is -0.496 e. The van der Waals surface area contributed by atoms with E-state index in [9.17, 15) is 13.2 Å². The maximum absolute atomic E-state index is 11.8. The van der Waals surface area contributed by atoms with E-state index in [0.717, 1.165) is 0 Å². The molecule has 1 aromatic heterocycles. The van der Waals surface area contributed by atoms with Gasteiger partial charge in [0, 0.05) is 17.8 Å². The van der Waals surface area contributed by atoms with Crippen molar-refractivity contribution < 1.29 is 22.6 Å². The topological polar surface area (TPSA) is 31.4 Å². The van der Waals surface area contributed by atoms with E-state index >= 15 is 0 Å². The molecular weight excluding hydrogens is 211 g/mol. The Morgan fingerprint density at radius 3 is 2.53 bits per heavy atom. The molecule has 0 fully saturated rings. The molecule has 0 aliphatic carbocycles. The predicted molar refractivity (Wildman–Crippen MR) is 47.1 cm³/mol. The van der Waals surface area contributed by atoms with Gasteiger partial charge < -0.3 is 9.47 Å².